The molecule has 138 valence electrons. The number of carbonyl (C=O) groups is 1. The Hall–Kier alpha value is -1.34. The van der Waals surface area contributed by atoms with Gasteiger partial charge in [-0.15, -0.1) is 0 Å². The summed E-state index contributed by atoms with van der Waals surface area (Å²) in [6.07, 6.45) is 8.12. The van der Waals surface area contributed by atoms with E-state index in [2.05, 4.69) is 37.8 Å². The molecule has 1 saturated carbocycles. The van der Waals surface area contributed by atoms with Gasteiger partial charge in [-0.05, 0) is 31.9 Å². The zero-order valence-electron chi connectivity index (χ0n) is 15.2. The molecule has 25 heavy (non-hydrogen) atoms. The largest absolute Gasteiger partial charge is 0.367 e. The fourth-order valence-corrected chi connectivity index (χ4v) is 4.11. The van der Waals surface area contributed by atoms with Crippen LogP contribution in [0.2, 0.25) is 0 Å². The second-order valence-electron chi connectivity index (χ2n) is 7.15. The van der Waals surface area contributed by atoms with Crippen molar-refractivity contribution in [2.24, 2.45) is 0 Å². The first-order valence-electron chi connectivity index (χ1n) is 9.21. The standard InChI is InChI=1S/C18H29N5OS/c1-13(24)21-16-9-14(10-16)17-11-18(20-12-19-17)22-15-3-5-23(6-4-15)7-8-25-2/h11-12,14-16H,3-10H2,1-2H3,(H,21,24)(H,19,20,22). The van der Waals surface area contributed by atoms with Gasteiger partial charge in [0, 0.05) is 62.1 Å². The van der Waals surface area contributed by atoms with Crippen molar-refractivity contribution in [1.82, 2.24) is 20.2 Å². The average Bonchev–Trinajstić information content (AvgIpc) is 2.57. The van der Waals surface area contributed by atoms with Crippen molar-refractivity contribution in [3.05, 3.63) is 18.1 Å². The van der Waals surface area contributed by atoms with E-state index in [1.54, 1.807) is 13.3 Å². The number of nitrogens with zero attached hydrogens (tertiary/aromatic N) is 3. The van der Waals surface area contributed by atoms with Gasteiger partial charge >= 0.3 is 0 Å². The maximum atomic E-state index is 11.1. The van der Waals surface area contributed by atoms with Crippen LogP contribution in [0.3, 0.4) is 0 Å². The van der Waals surface area contributed by atoms with E-state index in [-0.39, 0.29) is 5.91 Å². The fraction of sp³-hybridized carbons (Fsp3) is 0.722. The van der Waals surface area contributed by atoms with Gasteiger partial charge < -0.3 is 15.5 Å². The number of aromatic nitrogens is 2. The average molecular weight is 364 g/mol. The SMILES string of the molecule is CSCCN1CCC(Nc2cc(C3CC(NC(C)=O)C3)ncn2)CC1. The minimum Gasteiger partial charge on any atom is -0.367 e. The molecule has 0 atom stereocenters. The Morgan fingerprint density at radius 2 is 2.04 bits per heavy atom. The lowest BCUT2D eigenvalue weighted by atomic mass is 9.78. The van der Waals surface area contributed by atoms with Crippen molar-refractivity contribution in [1.29, 1.82) is 0 Å². The minimum absolute atomic E-state index is 0.0531. The summed E-state index contributed by atoms with van der Waals surface area (Å²) < 4.78 is 0. The minimum atomic E-state index is 0.0531. The fourth-order valence-electron chi connectivity index (χ4n) is 3.67. The molecule has 0 spiro atoms. The molecule has 1 amide bonds. The molecular formula is C18H29N5OS. The number of anilines is 1. The third kappa shape index (κ3) is 5.31. The summed E-state index contributed by atoms with van der Waals surface area (Å²) >= 11 is 1.92. The van der Waals surface area contributed by atoms with Crippen molar-refractivity contribution in [2.75, 3.05) is 37.0 Å². The molecule has 0 aromatic carbocycles. The number of hydrogen-bond acceptors (Lipinski definition) is 6. The third-order valence-electron chi connectivity index (χ3n) is 5.20. The van der Waals surface area contributed by atoms with E-state index in [1.165, 1.54) is 25.1 Å². The second-order valence-corrected chi connectivity index (χ2v) is 8.13. The van der Waals surface area contributed by atoms with Crippen molar-refractivity contribution in [3.63, 3.8) is 0 Å². The molecule has 1 aliphatic carbocycles. The van der Waals surface area contributed by atoms with Crippen LogP contribution < -0.4 is 10.6 Å². The number of carbonyl (C=O) groups excluding carboxylic acids is 1. The molecule has 3 rings (SSSR count). The van der Waals surface area contributed by atoms with E-state index in [4.69, 9.17) is 0 Å². The summed E-state index contributed by atoms with van der Waals surface area (Å²) in [6.45, 7) is 5.10. The lowest BCUT2D eigenvalue weighted by Crippen LogP contribution is -2.42. The summed E-state index contributed by atoms with van der Waals surface area (Å²) in [7, 11) is 0. The smallest absolute Gasteiger partial charge is 0.217 e. The summed E-state index contributed by atoms with van der Waals surface area (Å²) in [5.74, 6) is 2.65. The number of hydrogen-bond donors (Lipinski definition) is 2. The maximum Gasteiger partial charge on any atom is 0.217 e. The molecule has 1 saturated heterocycles. The van der Waals surface area contributed by atoms with Crippen molar-refractivity contribution in [2.45, 2.75) is 50.6 Å². The van der Waals surface area contributed by atoms with Crippen LogP contribution in [0, 0.1) is 0 Å². The van der Waals surface area contributed by atoms with Gasteiger partial charge in [0.2, 0.25) is 5.91 Å². The first-order chi connectivity index (χ1) is 12.1. The number of likely N-dealkylation sites (tertiary alicyclic amines) is 1. The van der Waals surface area contributed by atoms with Gasteiger partial charge in [0.25, 0.3) is 0 Å². The molecule has 0 radical (unpaired) electrons. The Bertz CT molecular complexity index is 570. The van der Waals surface area contributed by atoms with Crippen molar-refractivity contribution >= 4 is 23.5 Å². The number of piperidine rings is 1. The topological polar surface area (TPSA) is 70.2 Å². The number of rotatable bonds is 7. The van der Waals surface area contributed by atoms with Crippen LogP contribution in [0.1, 0.15) is 44.2 Å². The Kier molecular flexibility index (Phi) is 6.53. The second kappa shape index (κ2) is 8.85. The predicted molar refractivity (Wildman–Crippen MR) is 103 cm³/mol. The summed E-state index contributed by atoms with van der Waals surface area (Å²) in [4.78, 5) is 22.5. The van der Waals surface area contributed by atoms with Crippen LogP contribution in [0.25, 0.3) is 0 Å². The highest BCUT2D eigenvalue weighted by atomic mass is 32.2. The molecule has 2 heterocycles. The van der Waals surface area contributed by atoms with Crippen LogP contribution in [0.4, 0.5) is 5.82 Å². The van der Waals surface area contributed by atoms with Gasteiger partial charge in [0.05, 0.1) is 0 Å². The molecule has 6 nitrogen and oxygen atoms in total. The Morgan fingerprint density at radius 1 is 1.28 bits per heavy atom. The maximum absolute atomic E-state index is 11.1. The zero-order chi connectivity index (χ0) is 17.6. The molecule has 2 N–H and O–H groups in total. The van der Waals surface area contributed by atoms with E-state index < -0.39 is 0 Å². The van der Waals surface area contributed by atoms with Crippen LogP contribution in [0.15, 0.2) is 12.4 Å². The Morgan fingerprint density at radius 3 is 2.72 bits per heavy atom. The first kappa shape index (κ1) is 18.5. The highest BCUT2D eigenvalue weighted by Gasteiger charge is 2.32. The molecule has 7 heteroatoms. The highest BCUT2D eigenvalue weighted by Crippen LogP contribution is 2.36. The van der Waals surface area contributed by atoms with Crippen LogP contribution in [-0.2, 0) is 4.79 Å². The number of thioether (sulfide) groups is 1. The van der Waals surface area contributed by atoms with E-state index in [0.29, 0.717) is 18.0 Å². The van der Waals surface area contributed by atoms with Crippen molar-refractivity contribution < 1.29 is 4.79 Å². The summed E-state index contributed by atoms with van der Waals surface area (Å²) in [5.41, 5.74) is 1.09. The summed E-state index contributed by atoms with van der Waals surface area (Å²) in [5, 5.41) is 6.57. The molecule has 0 unspecified atom stereocenters. The Labute approximate surface area is 154 Å². The van der Waals surface area contributed by atoms with E-state index in [9.17, 15) is 4.79 Å². The molecule has 1 aliphatic heterocycles. The Balaban J connectivity index is 1.46. The van der Waals surface area contributed by atoms with E-state index >= 15 is 0 Å². The normalized spacial score (nSPS) is 24.6. The van der Waals surface area contributed by atoms with E-state index in [1.807, 2.05) is 11.8 Å². The predicted octanol–water partition coefficient (Wildman–Crippen LogP) is 2.10. The number of nitrogens with one attached hydrogen (secondary N) is 2. The van der Waals surface area contributed by atoms with Gasteiger partial charge in [-0.3, -0.25) is 4.79 Å². The van der Waals surface area contributed by atoms with E-state index in [0.717, 1.165) is 37.4 Å². The van der Waals surface area contributed by atoms with Crippen molar-refractivity contribution in [3.8, 4) is 0 Å². The quantitative estimate of drug-likeness (QED) is 0.773. The lowest BCUT2D eigenvalue weighted by Gasteiger charge is -2.35. The monoisotopic (exact) mass is 363 g/mol. The molecule has 1 aromatic heterocycles. The van der Waals surface area contributed by atoms with Gasteiger partial charge in [-0.25, -0.2) is 9.97 Å². The van der Waals surface area contributed by atoms with Gasteiger partial charge in [-0.2, -0.15) is 11.8 Å². The zero-order valence-corrected chi connectivity index (χ0v) is 16.0. The van der Waals surface area contributed by atoms with Crippen LogP contribution in [-0.4, -0.2) is 64.5 Å². The summed E-state index contributed by atoms with van der Waals surface area (Å²) in [6, 6.07) is 2.90. The number of amides is 1. The molecule has 2 aliphatic rings. The molecular weight excluding hydrogens is 334 g/mol. The molecule has 2 fully saturated rings. The van der Waals surface area contributed by atoms with Gasteiger partial charge in [0.1, 0.15) is 12.1 Å². The lowest BCUT2D eigenvalue weighted by molar-refractivity contribution is -0.120. The third-order valence-corrected chi connectivity index (χ3v) is 5.79. The van der Waals surface area contributed by atoms with Gasteiger partial charge in [-0.1, -0.05) is 0 Å². The first-order valence-corrected chi connectivity index (χ1v) is 10.6. The molecule has 0 bridgehead atoms. The van der Waals surface area contributed by atoms with Crippen LogP contribution in [0.5, 0.6) is 0 Å². The van der Waals surface area contributed by atoms with Gasteiger partial charge in [0.15, 0.2) is 0 Å². The highest BCUT2D eigenvalue weighted by molar-refractivity contribution is 7.98. The molecule has 1 aromatic rings. The van der Waals surface area contributed by atoms with Crippen LogP contribution >= 0.6 is 11.8 Å².